The van der Waals surface area contributed by atoms with Gasteiger partial charge in [-0.3, -0.25) is 14.5 Å². The predicted molar refractivity (Wildman–Crippen MR) is 113 cm³/mol. The summed E-state index contributed by atoms with van der Waals surface area (Å²) in [5, 5.41) is 3.25. The normalized spacial score (nSPS) is 15.5. The van der Waals surface area contributed by atoms with Crippen LogP contribution in [0.3, 0.4) is 0 Å². The fourth-order valence-electron chi connectivity index (χ4n) is 2.47. The van der Waals surface area contributed by atoms with Gasteiger partial charge in [0.2, 0.25) is 0 Å². The summed E-state index contributed by atoms with van der Waals surface area (Å²) in [5.74, 6) is 0.253. The van der Waals surface area contributed by atoms with Crippen LogP contribution in [0, 0.1) is 0 Å². The Balaban J connectivity index is 1.72. The first-order valence-electron chi connectivity index (χ1n) is 7.98. The number of hydrogen-bond acceptors (Lipinski definition) is 6. The van der Waals surface area contributed by atoms with Crippen LogP contribution < -0.4 is 10.1 Å². The number of halogens is 1. The third-order valence-corrected chi connectivity index (χ3v) is 5.76. The molecule has 0 radical (unpaired) electrons. The Hall–Kier alpha value is -2.09. The molecule has 1 aliphatic rings. The van der Waals surface area contributed by atoms with Gasteiger partial charge in [-0.15, -0.1) is 11.8 Å². The number of benzene rings is 2. The van der Waals surface area contributed by atoms with Gasteiger partial charge in [0.05, 0.1) is 24.4 Å². The largest absolute Gasteiger partial charge is 0.495 e. The Morgan fingerprint density at radius 1 is 1.22 bits per heavy atom. The SMILES string of the molecule is COc1ccc(Cl)cc1NCN1C(=O)S/C(=C/c2ccc(SC)cc2)C1=O. The van der Waals surface area contributed by atoms with E-state index in [1.165, 1.54) is 0 Å². The summed E-state index contributed by atoms with van der Waals surface area (Å²) in [6.07, 6.45) is 3.73. The number of hydrogen-bond donors (Lipinski definition) is 1. The van der Waals surface area contributed by atoms with Gasteiger partial charge in [0.15, 0.2) is 0 Å². The van der Waals surface area contributed by atoms with Crippen molar-refractivity contribution in [3.05, 3.63) is 58.0 Å². The van der Waals surface area contributed by atoms with E-state index in [0.29, 0.717) is 21.4 Å². The lowest BCUT2D eigenvalue weighted by atomic mass is 10.2. The predicted octanol–water partition coefficient (Wildman–Crippen LogP) is 5.18. The molecule has 2 aromatic rings. The number of nitrogens with zero attached hydrogens (tertiary/aromatic N) is 1. The number of thioether (sulfide) groups is 2. The number of imide groups is 1. The lowest BCUT2D eigenvalue weighted by Crippen LogP contribution is -2.33. The molecule has 140 valence electrons. The molecule has 3 rings (SSSR count). The Bertz CT molecular complexity index is 900. The molecule has 5 nitrogen and oxygen atoms in total. The lowest BCUT2D eigenvalue weighted by molar-refractivity contribution is -0.122. The molecule has 0 bridgehead atoms. The summed E-state index contributed by atoms with van der Waals surface area (Å²) in [5.41, 5.74) is 1.49. The van der Waals surface area contributed by atoms with Gasteiger partial charge in [-0.1, -0.05) is 23.7 Å². The molecule has 0 aliphatic carbocycles. The second-order valence-electron chi connectivity index (χ2n) is 5.56. The van der Waals surface area contributed by atoms with Crippen molar-refractivity contribution in [2.75, 3.05) is 25.4 Å². The second kappa shape index (κ2) is 8.73. The first kappa shape index (κ1) is 19.7. The van der Waals surface area contributed by atoms with Crippen molar-refractivity contribution in [3.8, 4) is 5.75 Å². The van der Waals surface area contributed by atoms with Gasteiger partial charge in [0, 0.05) is 9.92 Å². The Kier molecular flexibility index (Phi) is 6.36. The second-order valence-corrected chi connectivity index (χ2v) is 7.87. The molecule has 0 unspecified atom stereocenters. The topological polar surface area (TPSA) is 58.6 Å². The summed E-state index contributed by atoms with van der Waals surface area (Å²) < 4.78 is 5.26. The zero-order valence-electron chi connectivity index (χ0n) is 14.7. The van der Waals surface area contributed by atoms with Gasteiger partial charge >= 0.3 is 0 Å². The lowest BCUT2D eigenvalue weighted by Gasteiger charge is -2.16. The molecule has 0 aromatic heterocycles. The zero-order valence-corrected chi connectivity index (χ0v) is 17.1. The van der Waals surface area contributed by atoms with E-state index in [1.54, 1.807) is 43.1 Å². The molecule has 1 aliphatic heterocycles. The molecular weight excluding hydrogens is 404 g/mol. The van der Waals surface area contributed by atoms with Crippen molar-refractivity contribution in [3.63, 3.8) is 0 Å². The first-order chi connectivity index (χ1) is 13.0. The van der Waals surface area contributed by atoms with Gasteiger partial charge in [-0.2, -0.15) is 0 Å². The van der Waals surface area contributed by atoms with Crippen molar-refractivity contribution < 1.29 is 14.3 Å². The minimum absolute atomic E-state index is 0.0319. The van der Waals surface area contributed by atoms with E-state index in [1.807, 2.05) is 30.5 Å². The third kappa shape index (κ3) is 4.61. The average Bonchev–Trinajstić information content (AvgIpc) is 2.94. The maximum atomic E-state index is 12.6. The van der Waals surface area contributed by atoms with Crippen molar-refractivity contribution in [2.45, 2.75) is 4.90 Å². The van der Waals surface area contributed by atoms with Crippen LogP contribution in [0.2, 0.25) is 5.02 Å². The number of ether oxygens (including phenoxy) is 1. The molecule has 0 atom stereocenters. The van der Waals surface area contributed by atoms with Crippen LogP contribution in [0.4, 0.5) is 10.5 Å². The minimum atomic E-state index is -0.326. The maximum absolute atomic E-state index is 12.6. The fourth-order valence-corrected chi connectivity index (χ4v) is 3.89. The maximum Gasteiger partial charge on any atom is 0.295 e. The van der Waals surface area contributed by atoms with E-state index in [0.717, 1.165) is 27.1 Å². The monoisotopic (exact) mass is 420 g/mol. The van der Waals surface area contributed by atoms with Gasteiger partial charge in [-0.25, -0.2) is 0 Å². The number of anilines is 1. The molecule has 8 heteroatoms. The zero-order chi connectivity index (χ0) is 19.4. The molecule has 0 saturated carbocycles. The van der Waals surface area contributed by atoms with Crippen molar-refractivity contribution in [1.82, 2.24) is 4.90 Å². The molecule has 2 amide bonds. The Labute approximate surface area is 171 Å². The van der Waals surface area contributed by atoms with E-state index in [4.69, 9.17) is 16.3 Å². The van der Waals surface area contributed by atoms with Crippen LogP contribution in [0.5, 0.6) is 5.75 Å². The van der Waals surface area contributed by atoms with E-state index in [2.05, 4.69) is 5.32 Å². The number of carbonyl (C=O) groups excluding carboxylic acids is 2. The van der Waals surface area contributed by atoms with E-state index in [-0.39, 0.29) is 17.8 Å². The highest BCUT2D eigenvalue weighted by Crippen LogP contribution is 2.33. The summed E-state index contributed by atoms with van der Waals surface area (Å²) in [7, 11) is 1.54. The third-order valence-electron chi connectivity index (χ3n) is 3.88. The number of methoxy groups -OCH3 is 1. The van der Waals surface area contributed by atoms with Crippen LogP contribution in [-0.2, 0) is 4.79 Å². The van der Waals surface area contributed by atoms with Gasteiger partial charge < -0.3 is 10.1 Å². The van der Waals surface area contributed by atoms with Gasteiger partial charge in [-0.05, 0) is 60.0 Å². The van der Waals surface area contributed by atoms with E-state index in [9.17, 15) is 9.59 Å². The molecule has 2 aromatic carbocycles. The molecule has 0 spiro atoms. The van der Waals surface area contributed by atoms with Crippen LogP contribution in [-0.4, -0.2) is 36.1 Å². The molecule has 1 N–H and O–H groups in total. The number of rotatable bonds is 6. The molecule has 1 saturated heterocycles. The van der Waals surface area contributed by atoms with Crippen molar-refractivity contribution in [2.24, 2.45) is 0 Å². The summed E-state index contributed by atoms with van der Waals surface area (Å²) in [6.45, 7) is 0.0319. The van der Waals surface area contributed by atoms with Crippen molar-refractivity contribution >= 4 is 58.0 Å². The minimum Gasteiger partial charge on any atom is -0.495 e. The quantitative estimate of drug-likeness (QED) is 0.513. The van der Waals surface area contributed by atoms with Gasteiger partial charge in [0.1, 0.15) is 5.75 Å². The molecule has 1 fully saturated rings. The van der Waals surface area contributed by atoms with Gasteiger partial charge in [0.25, 0.3) is 11.1 Å². The average molecular weight is 421 g/mol. The summed E-state index contributed by atoms with van der Waals surface area (Å²) in [4.78, 5) is 27.6. The van der Waals surface area contributed by atoms with Crippen LogP contribution in [0.1, 0.15) is 5.56 Å². The van der Waals surface area contributed by atoms with Crippen LogP contribution >= 0.6 is 35.1 Å². The number of amides is 2. The summed E-state index contributed by atoms with van der Waals surface area (Å²) >= 11 is 8.58. The number of carbonyl (C=O) groups is 2. The highest BCUT2D eigenvalue weighted by atomic mass is 35.5. The Morgan fingerprint density at radius 3 is 2.63 bits per heavy atom. The van der Waals surface area contributed by atoms with Crippen LogP contribution in [0.25, 0.3) is 6.08 Å². The van der Waals surface area contributed by atoms with Crippen LogP contribution in [0.15, 0.2) is 52.3 Å². The smallest absolute Gasteiger partial charge is 0.295 e. The first-order valence-corrected chi connectivity index (χ1v) is 10.4. The van der Waals surface area contributed by atoms with E-state index < -0.39 is 0 Å². The number of nitrogens with one attached hydrogen (secondary N) is 1. The standard InChI is InChI=1S/C19H17ClN2O3S2/c1-25-16-8-5-13(20)10-15(16)21-11-22-18(23)17(27-19(22)24)9-12-3-6-14(26-2)7-4-12/h3-10,21H,11H2,1-2H3/b17-9+. The fraction of sp³-hybridized carbons (Fsp3) is 0.158. The molecular formula is C19H17ClN2O3S2. The Morgan fingerprint density at radius 2 is 1.96 bits per heavy atom. The van der Waals surface area contributed by atoms with E-state index >= 15 is 0 Å². The van der Waals surface area contributed by atoms with Crippen molar-refractivity contribution in [1.29, 1.82) is 0 Å². The highest BCUT2D eigenvalue weighted by molar-refractivity contribution is 8.18. The highest BCUT2D eigenvalue weighted by Gasteiger charge is 2.34. The summed E-state index contributed by atoms with van der Waals surface area (Å²) in [6, 6.07) is 12.9. The molecule has 1 heterocycles. The molecule has 27 heavy (non-hydrogen) atoms.